The first-order valence-corrected chi connectivity index (χ1v) is 10.4. The number of aromatic nitrogens is 3. The van der Waals surface area contributed by atoms with E-state index in [4.69, 9.17) is 16.0 Å². The summed E-state index contributed by atoms with van der Waals surface area (Å²) in [7, 11) is 0. The second-order valence-corrected chi connectivity index (χ2v) is 8.84. The minimum absolute atomic E-state index is 0.0108. The molecule has 0 unspecified atom stereocenters. The molecule has 162 valence electrons. The third-order valence-corrected chi connectivity index (χ3v) is 5.84. The quantitative estimate of drug-likeness (QED) is 0.574. The lowest BCUT2D eigenvalue weighted by atomic mass is 10.0. The number of benzene rings is 1. The molecule has 1 fully saturated rings. The van der Waals surface area contributed by atoms with E-state index < -0.39 is 5.91 Å². The van der Waals surface area contributed by atoms with Crippen LogP contribution in [0.1, 0.15) is 67.0 Å². The van der Waals surface area contributed by atoms with Crippen molar-refractivity contribution in [3.63, 3.8) is 0 Å². The zero-order valence-electron chi connectivity index (χ0n) is 18.0. The van der Waals surface area contributed by atoms with Gasteiger partial charge in [0.15, 0.2) is 0 Å². The van der Waals surface area contributed by atoms with Crippen LogP contribution in [0.3, 0.4) is 0 Å². The first kappa shape index (κ1) is 20.8. The Morgan fingerprint density at radius 1 is 1.19 bits per heavy atom. The molecule has 2 heterocycles. The molecule has 0 atom stereocenters. The molecule has 1 aliphatic carbocycles. The summed E-state index contributed by atoms with van der Waals surface area (Å²) in [6.07, 6.45) is 2.72. The zero-order chi connectivity index (χ0) is 22.3. The summed E-state index contributed by atoms with van der Waals surface area (Å²) in [5.41, 5.74) is 14.6. The molecular weight excluding hydrogens is 394 g/mol. The van der Waals surface area contributed by atoms with Crippen molar-refractivity contribution in [3.05, 3.63) is 52.9 Å². The fourth-order valence-electron chi connectivity index (χ4n) is 3.67. The maximum Gasteiger partial charge on any atom is 0.254 e. The van der Waals surface area contributed by atoms with E-state index in [0.717, 1.165) is 29.7 Å². The summed E-state index contributed by atoms with van der Waals surface area (Å²) >= 11 is 0. The van der Waals surface area contributed by atoms with Gasteiger partial charge < -0.3 is 16.0 Å². The first-order chi connectivity index (χ1) is 14.7. The Morgan fingerprint density at radius 2 is 1.87 bits per heavy atom. The highest BCUT2D eigenvalue weighted by molar-refractivity contribution is 6.03. The average molecular weight is 422 g/mol. The van der Waals surface area contributed by atoms with E-state index in [1.807, 2.05) is 44.2 Å². The van der Waals surface area contributed by atoms with Crippen LogP contribution in [0.2, 0.25) is 0 Å². The molecule has 0 bridgehead atoms. The summed E-state index contributed by atoms with van der Waals surface area (Å²) in [6.45, 7) is 5.99. The van der Waals surface area contributed by atoms with Crippen LogP contribution in [-0.2, 0) is 23.1 Å². The van der Waals surface area contributed by atoms with Gasteiger partial charge >= 0.3 is 0 Å². The molecule has 4 rings (SSSR count). The van der Waals surface area contributed by atoms with Crippen LogP contribution in [0.5, 0.6) is 0 Å². The van der Waals surface area contributed by atoms with Crippen molar-refractivity contribution in [2.24, 2.45) is 5.73 Å². The van der Waals surface area contributed by atoms with Crippen LogP contribution in [0.25, 0.3) is 11.3 Å². The third kappa shape index (κ3) is 4.10. The third-order valence-electron chi connectivity index (χ3n) is 5.84. The average Bonchev–Trinajstić information content (AvgIpc) is 3.12. The second kappa shape index (κ2) is 7.68. The molecule has 0 spiro atoms. The van der Waals surface area contributed by atoms with Crippen molar-refractivity contribution in [2.45, 2.75) is 57.9 Å². The number of Topliss-reactive ketones (excluding diaryl/α,β-unsaturated/α-hetero) is 1. The Bertz CT molecular complexity index is 1140. The Kier molecular flexibility index (Phi) is 5.16. The largest absolute Gasteiger partial charge is 0.383 e. The number of amides is 1. The number of carbonyl (C=O) groups excluding carboxylic acids is 2. The van der Waals surface area contributed by atoms with Crippen molar-refractivity contribution >= 4 is 17.5 Å². The van der Waals surface area contributed by atoms with Crippen LogP contribution in [0.4, 0.5) is 5.82 Å². The predicted molar refractivity (Wildman–Crippen MR) is 116 cm³/mol. The summed E-state index contributed by atoms with van der Waals surface area (Å²) in [5.74, 6) is 0.555. The Hall–Kier alpha value is -3.42. The van der Waals surface area contributed by atoms with Crippen LogP contribution in [-0.4, -0.2) is 26.6 Å². The van der Waals surface area contributed by atoms with Gasteiger partial charge in [-0.05, 0) is 32.3 Å². The fraction of sp³-hybridized carbons (Fsp3) is 0.391. The van der Waals surface area contributed by atoms with Crippen LogP contribution in [0, 0.1) is 0 Å². The zero-order valence-corrected chi connectivity index (χ0v) is 18.0. The van der Waals surface area contributed by atoms with E-state index >= 15 is 0 Å². The van der Waals surface area contributed by atoms with Gasteiger partial charge in [0.05, 0.1) is 12.1 Å². The predicted octanol–water partition coefficient (Wildman–Crippen LogP) is 3.21. The molecule has 1 saturated carbocycles. The first-order valence-electron chi connectivity index (χ1n) is 10.4. The summed E-state index contributed by atoms with van der Waals surface area (Å²) in [6, 6.07) is 9.23. The van der Waals surface area contributed by atoms with Gasteiger partial charge in [-0.1, -0.05) is 36.3 Å². The summed E-state index contributed by atoms with van der Waals surface area (Å²) < 4.78 is 6.99. The lowest BCUT2D eigenvalue weighted by molar-refractivity contribution is -0.117. The van der Waals surface area contributed by atoms with E-state index in [1.165, 1.54) is 0 Å². The van der Waals surface area contributed by atoms with Crippen molar-refractivity contribution in [3.8, 4) is 11.3 Å². The molecule has 1 aromatic carbocycles. The normalized spacial score (nSPS) is 14.7. The van der Waals surface area contributed by atoms with E-state index in [0.29, 0.717) is 11.4 Å². The number of anilines is 1. The van der Waals surface area contributed by atoms with Gasteiger partial charge in [0, 0.05) is 29.5 Å². The SMILES string of the molecule is CC(C)n1nc(-c2ccc(CC(=O)Cc3cc(C4(C)CC4)on3)cc2)c(C(N)=O)c1N. The molecule has 8 heteroatoms. The highest BCUT2D eigenvalue weighted by Gasteiger charge is 2.42. The monoisotopic (exact) mass is 421 g/mol. The van der Waals surface area contributed by atoms with Crippen molar-refractivity contribution in [2.75, 3.05) is 5.73 Å². The van der Waals surface area contributed by atoms with E-state index in [-0.39, 0.29) is 41.5 Å². The smallest absolute Gasteiger partial charge is 0.254 e. The Labute approximate surface area is 180 Å². The number of carbonyl (C=O) groups is 2. The van der Waals surface area contributed by atoms with Gasteiger partial charge in [0.25, 0.3) is 5.91 Å². The molecule has 2 aromatic heterocycles. The number of rotatable bonds is 8. The Balaban J connectivity index is 1.47. The number of nitrogen functional groups attached to an aromatic ring is 1. The minimum atomic E-state index is -0.620. The van der Waals surface area contributed by atoms with E-state index in [9.17, 15) is 9.59 Å². The van der Waals surface area contributed by atoms with Crippen molar-refractivity contribution in [1.29, 1.82) is 0 Å². The summed E-state index contributed by atoms with van der Waals surface area (Å²) in [4.78, 5) is 24.4. The number of nitrogens with zero attached hydrogens (tertiary/aromatic N) is 3. The van der Waals surface area contributed by atoms with Gasteiger partial charge in [-0.15, -0.1) is 0 Å². The Morgan fingerprint density at radius 3 is 2.45 bits per heavy atom. The summed E-state index contributed by atoms with van der Waals surface area (Å²) in [5, 5.41) is 8.53. The van der Waals surface area contributed by atoms with Gasteiger partial charge in [0.2, 0.25) is 0 Å². The molecule has 0 saturated heterocycles. The number of nitrogens with two attached hydrogens (primary N) is 2. The maximum absolute atomic E-state index is 12.5. The van der Waals surface area contributed by atoms with Crippen molar-refractivity contribution in [1.82, 2.24) is 14.9 Å². The lowest BCUT2D eigenvalue weighted by Crippen LogP contribution is -2.15. The van der Waals surface area contributed by atoms with Crippen molar-refractivity contribution < 1.29 is 14.1 Å². The molecular formula is C23H27N5O3. The van der Waals surface area contributed by atoms with E-state index in [1.54, 1.807) is 4.68 Å². The molecule has 0 radical (unpaired) electrons. The maximum atomic E-state index is 12.5. The van der Waals surface area contributed by atoms with E-state index in [2.05, 4.69) is 17.2 Å². The van der Waals surface area contributed by atoms with Gasteiger partial charge in [-0.3, -0.25) is 9.59 Å². The second-order valence-electron chi connectivity index (χ2n) is 8.84. The topological polar surface area (TPSA) is 130 Å². The number of primary amides is 1. The fourth-order valence-corrected chi connectivity index (χ4v) is 3.67. The van der Waals surface area contributed by atoms with Gasteiger partial charge in [0.1, 0.15) is 28.6 Å². The number of ketones is 1. The highest BCUT2D eigenvalue weighted by atomic mass is 16.5. The minimum Gasteiger partial charge on any atom is -0.383 e. The molecule has 1 aliphatic rings. The number of hydrogen-bond acceptors (Lipinski definition) is 6. The lowest BCUT2D eigenvalue weighted by Gasteiger charge is -2.06. The van der Waals surface area contributed by atoms with Crippen LogP contribution in [0.15, 0.2) is 34.9 Å². The van der Waals surface area contributed by atoms with Crippen LogP contribution < -0.4 is 11.5 Å². The highest BCUT2D eigenvalue weighted by Crippen LogP contribution is 2.47. The standard InChI is InChI=1S/C23H27N5O3/c1-13(2)28-21(24)19(22(25)30)20(26-28)15-6-4-14(5-7-15)10-17(29)11-16-12-18(31-27-16)23(3)8-9-23/h4-7,12-13H,8-11,24H2,1-3H3,(H2,25,30). The molecule has 31 heavy (non-hydrogen) atoms. The molecule has 0 aliphatic heterocycles. The molecule has 8 nitrogen and oxygen atoms in total. The molecule has 3 aromatic rings. The molecule has 4 N–H and O–H groups in total. The van der Waals surface area contributed by atoms with Gasteiger partial charge in [-0.2, -0.15) is 5.10 Å². The van der Waals surface area contributed by atoms with Crippen LogP contribution >= 0.6 is 0 Å². The van der Waals surface area contributed by atoms with Gasteiger partial charge in [-0.25, -0.2) is 4.68 Å². The number of hydrogen-bond donors (Lipinski definition) is 2. The molecule has 1 amide bonds.